The van der Waals surface area contributed by atoms with Gasteiger partial charge in [-0.25, -0.2) is 0 Å². The Kier molecular flexibility index (Phi) is 13.2. The molecule has 0 spiro atoms. The van der Waals surface area contributed by atoms with Crippen molar-refractivity contribution in [3.8, 4) is 0 Å². The Hall–Kier alpha value is -0.120. The van der Waals surface area contributed by atoms with Crippen molar-refractivity contribution in [1.82, 2.24) is 5.32 Å². The highest BCUT2D eigenvalue weighted by Gasteiger charge is 2.01. The van der Waals surface area contributed by atoms with Gasteiger partial charge in [0.15, 0.2) is 0 Å². The molecule has 0 saturated heterocycles. The van der Waals surface area contributed by atoms with Crippen LogP contribution >= 0.6 is 0 Å². The van der Waals surface area contributed by atoms with Gasteiger partial charge in [0.05, 0.1) is 6.61 Å². The van der Waals surface area contributed by atoms with Crippen LogP contribution < -0.4 is 11.1 Å². The van der Waals surface area contributed by atoms with Gasteiger partial charge in [-0.15, -0.1) is 0 Å². The highest BCUT2D eigenvalue weighted by atomic mass is 16.5. The number of hydrogen-bond donors (Lipinski definition) is 2. The summed E-state index contributed by atoms with van der Waals surface area (Å²) in [4.78, 5) is 0. The second-order valence-electron chi connectivity index (χ2n) is 5.74. The average molecular weight is 258 g/mol. The zero-order valence-corrected chi connectivity index (χ0v) is 12.7. The molecule has 1 unspecified atom stereocenters. The van der Waals surface area contributed by atoms with E-state index < -0.39 is 0 Å². The lowest BCUT2D eigenvalue weighted by Crippen LogP contribution is -2.25. The van der Waals surface area contributed by atoms with Gasteiger partial charge in [0.2, 0.25) is 0 Å². The number of rotatable bonds is 13. The highest BCUT2D eigenvalue weighted by Crippen LogP contribution is 2.07. The van der Waals surface area contributed by atoms with E-state index in [0.717, 1.165) is 51.1 Å². The smallest absolute Gasteiger partial charge is 0.0590 e. The third kappa shape index (κ3) is 13.9. The van der Waals surface area contributed by atoms with Crippen molar-refractivity contribution >= 4 is 0 Å². The second kappa shape index (κ2) is 13.3. The average Bonchev–Trinajstić information content (AvgIpc) is 2.33. The Morgan fingerprint density at radius 2 is 1.78 bits per heavy atom. The van der Waals surface area contributed by atoms with E-state index in [1.165, 1.54) is 25.7 Å². The van der Waals surface area contributed by atoms with Gasteiger partial charge in [0.25, 0.3) is 0 Å². The summed E-state index contributed by atoms with van der Waals surface area (Å²) in [6, 6.07) is 0. The van der Waals surface area contributed by atoms with Crippen molar-refractivity contribution in [1.29, 1.82) is 0 Å². The van der Waals surface area contributed by atoms with Gasteiger partial charge < -0.3 is 15.8 Å². The number of unbranched alkanes of at least 4 members (excludes halogenated alkanes) is 2. The standard InChI is InChI=1S/C15H34N2O/c1-14(2)8-11-18-12-10-17-13-15(3)7-5-4-6-9-16/h14-15,17H,4-13,16H2,1-3H3. The van der Waals surface area contributed by atoms with Gasteiger partial charge in [0.1, 0.15) is 0 Å². The molecule has 0 rings (SSSR count). The van der Waals surface area contributed by atoms with Crippen molar-refractivity contribution in [3.05, 3.63) is 0 Å². The molecule has 0 aliphatic heterocycles. The van der Waals surface area contributed by atoms with E-state index in [1.807, 2.05) is 0 Å². The molecule has 3 N–H and O–H groups in total. The maximum atomic E-state index is 5.56. The number of hydrogen-bond acceptors (Lipinski definition) is 3. The third-order valence-corrected chi connectivity index (χ3v) is 3.16. The number of nitrogens with two attached hydrogens (primary N) is 1. The van der Waals surface area contributed by atoms with Crippen LogP contribution in [-0.4, -0.2) is 32.8 Å². The molecule has 0 amide bonds. The molecule has 0 heterocycles. The molecule has 18 heavy (non-hydrogen) atoms. The largest absolute Gasteiger partial charge is 0.380 e. The molecule has 110 valence electrons. The normalized spacial score (nSPS) is 13.2. The lowest BCUT2D eigenvalue weighted by Gasteiger charge is -2.12. The van der Waals surface area contributed by atoms with Crippen LogP contribution in [0.25, 0.3) is 0 Å². The molecule has 0 aromatic rings. The van der Waals surface area contributed by atoms with Crippen molar-refractivity contribution < 1.29 is 4.74 Å². The molecule has 1 atom stereocenters. The maximum absolute atomic E-state index is 5.56. The summed E-state index contributed by atoms with van der Waals surface area (Å²) in [7, 11) is 0. The summed E-state index contributed by atoms with van der Waals surface area (Å²) in [6.07, 6.45) is 6.23. The van der Waals surface area contributed by atoms with E-state index in [2.05, 4.69) is 26.1 Å². The number of nitrogens with one attached hydrogen (secondary N) is 1. The minimum absolute atomic E-state index is 0.742. The molecule has 0 aromatic carbocycles. The van der Waals surface area contributed by atoms with Crippen LogP contribution in [0.15, 0.2) is 0 Å². The van der Waals surface area contributed by atoms with E-state index in [-0.39, 0.29) is 0 Å². The van der Waals surface area contributed by atoms with E-state index in [0.29, 0.717) is 0 Å². The minimum atomic E-state index is 0.742. The van der Waals surface area contributed by atoms with Gasteiger partial charge in [-0.1, -0.05) is 33.6 Å². The van der Waals surface area contributed by atoms with E-state index >= 15 is 0 Å². The molecule has 0 aliphatic rings. The first-order chi connectivity index (χ1) is 8.66. The van der Waals surface area contributed by atoms with Crippen molar-refractivity contribution in [2.45, 2.75) is 52.9 Å². The predicted octanol–water partition coefficient (Wildman–Crippen LogP) is 2.79. The summed E-state index contributed by atoms with van der Waals surface area (Å²) in [5.74, 6) is 1.50. The Morgan fingerprint density at radius 3 is 2.44 bits per heavy atom. The highest BCUT2D eigenvalue weighted by molar-refractivity contribution is 4.58. The fourth-order valence-corrected chi connectivity index (χ4v) is 1.83. The van der Waals surface area contributed by atoms with Gasteiger partial charge >= 0.3 is 0 Å². The van der Waals surface area contributed by atoms with E-state index in [9.17, 15) is 0 Å². The number of ether oxygens (including phenoxy) is 1. The van der Waals surface area contributed by atoms with Crippen LogP contribution in [0.3, 0.4) is 0 Å². The fraction of sp³-hybridized carbons (Fsp3) is 1.00. The van der Waals surface area contributed by atoms with Crippen molar-refractivity contribution in [2.24, 2.45) is 17.6 Å². The van der Waals surface area contributed by atoms with Crippen LogP contribution in [0.5, 0.6) is 0 Å². The van der Waals surface area contributed by atoms with Crippen molar-refractivity contribution in [3.63, 3.8) is 0 Å². The summed E-state index contributed by atoms with van der Waals surface area (Å²) >= 11 is 0. The Balaban J connectivity index is 3.12. The molecule has 0 bridgehead atoms. The Morgan fingerprint density at radius 1 is 1.00 bits per heavy atom. The topological polar surface area (TPSA) is 47.3 Å². The third-order valence-electron chi connectivity index (χ3n) is 3.16. The zero-order chi connectivity index (χ0) is 13.6. The SMILES string of the molecule is CC(C)CCOCCNCC(C)CCCCCN. The molecule has 0 saturated carbocycles. The second-order valence-corrected chi connectivity index (χ2v) is 5.74. The van der Waals surface area contributed by atoms with Crippen LogP contribution in [0.2, 0.25) is 0 Å². The summed E-state index contributed by atoms with van der Waals surface area (Å²) in [5, 5.41) is 3.46. The van der Waals surface area contributed by atoms with Crippen LogP contribution in [0.1, 0.15) is 52.9 Å². The predicted molar refractivity (Wildman–Crippen MR) is 79.8 cm³/mol. The molecule has 0 fully saturated rings. The molecule has 3 nitrogen and oxygen atoms in total. The first-order valence-corrected chi connectivity index (χ1v) is 7.65. The molecule has 0 radical (unpaired) electrons. The molecular formula is C15H34N2O. The lowest BCUT2D eigenvalue weighted by molar-refractivity contribution is 0.124. The first kappa shape index (κ1) is 17.9. The van der Waals surface area contributed by atoms with Crippen molar-refractivity contribution in [2.75, 3.05) is 32.8 Å². The summed E-state index contributed by atoms with van der Waals surface area (Å²) in [6.45, 7) is 11.4. The van der Waals surface area contributed by atoms with E-state index in [1.54, 1.807) is 0 Å². The monoisotopic (exact) mass is 258 g/mol. The van der Waals surface area contributed by atoms with Crippen LogP contribution in [-0.2, 0) is 4.74 Å². The quantitative estimate of drug-likeness (QED) is 0.499. The maximum Gasteiger partial charge on any atom is 0.0590 e. The first-order valence-electron chi connectivity index (χ1n) is 7.65. The zero-order valence-electron chi connectivity index (χ0n) is 12.7. The Labute approximate surface area is 114 Å². The van der Waals surface area contributed by atoms with Crippen LogP contribution in [0.4, 0.5) is 0 Å². The summed E-state index contributed by atoms with van der Waals surface area (Å²) in [5.41, 5.74) is 5.48. The van der Waals surface area contributed by atoms with Gasteiger partial charge in [-0.2, -0.15) is 0 Å². The van der Waals surface area contributed by atoms with E-state index in [4.69, 9.17) is 10.5 Å². The molecule has 0 aliphatic carbocycles. The molecular weight excluding hydrogens is 224 g/mol. The Bertz CT molecular complexity index is 163. The van der Waals surface area contributed by atoms with Gasteiger partial charge in [-0.05, 0) is 44.2 Å². The minimum Gasteiger partial charge on any atom is -0.380 e. The fourth-order valence-electron chi connectivity index (χ4n) is 1.83. The van der Waals surface area contributed by atoms with Gasteiger partial charge in [-0.3, -0.25) is 0 Å². The van der Waals surface area contributed by atoms with Crippen LogP contribution in [0, 0.1) is 11.8 Å². The van der Waals surface area contributed by atoms with Gasteiger partial charge in [0, 0.05) is 13.2 Å². The lowest BCUT2D eigenvalue weighted by atomic mass is 10.0. The summed E-state index contributed by atoms with van der Waals surface area (Å²) < 4.78 is 5.56. The molecule has 3 heteroatoms. The molecule has 0 aromatic heterocycles.